The second kappa shape index (κ2) is 7.97. The van der Waals surface area contributed by atoms with Gasteiger partial charge in [0, 0.05) is 11.9 Å². The predicted molar refractivity (Wildman–Crippen MR) is 90.3 cm³/mol. The van der Waals surface area contributed by atoms with E-state index in [1.165, 1.54) is 11.2 Å². The number of hydrogen-bond acceptors (Lipinski definition) is 4. The van der Waals surface area contributed by atoms with Gasteiger partial charge in [0.25, 0.3) is 5.91 Å². The topological polar surface area (TPSA) is 62.6 Å². The number of hydrogen-bond donors (Lipinski definition) is 1. The first-order chi connectivity index (χ1) is 11.0. The Morgan fingerprint density at radius 2 is 2.09 bits per heavy atom. The zero-order valence-corrected chi connectivity index (χ0v) is 14.4. The third kappa shape index (κ3) is 4.96. The average molecular weight is 334 g/mol. The number of thiophene rings is 1. The Morgan fingerprint density at radius 3 is 2.65 bits per heavy atom. The number of nitrogens with zero attached hydrogens (tertiary/aromatic N) is 1. The molecule has 2 aromatic rings. The second-order valence-corrected chi connectivity index (χ2v) is 6.88. The van der Waals surface area contributed by atoms with Crippen LogP contribution >= 0.6 is 11.3 Å². The van der Waals surface area contributed by atoms with Gasteiger partial charge in [-0.2, -0.15) is 0 Å². The molecule has 1 atom stereocenters. The van der Waals surface area contributed by atoms with E-state index in [1.807, 2.05) is 17.5 Å². The number of likely N-dealkylation sites (N-methyl/N-ethyl adjacent to an activating group) is 1. The van der Waals surface area contributed by atoms with Gasteiger partial charge in [-0.05, 0) is 35.9 Å². The van der Waals surface area contributed by atoms with Crippen LogP contribution in [0, 0.1) is 5.92 Å². The Kier molecular flexibility index (Phi) is 5.98. The number of nitrogens with one attached hydrogen (secondary N) is 1. The van der Waals surface area contributed by atoms with Crippen LogP contribution in [0.4, 0.5) is 0 Å². The van der Waals surface area contributed by atoms with Gasteiger partial charge in [-0.3, -0.25) is 9.59 Å². The van der Waals surface area contributed by atoms with E-state index in [1.54, 1.807) is 30.5 Å². The van der Waals surface area contributed by atoms with Gasteiger partial charge in [0.1, 0.15) is 0 Å². The van der Waals surface area contributed by atoms with Crippen molar-refractivity contribution in [2.24, 2.45) is 5.92 Å². The van der Waals surface area contributed by atoms with Gasteiger partial charge >= 0.3 is 0 Å². The van der Waals surface area contributed by atoms with Crippen molar-refractivity contribution < 1.29 is 14.0 Å². The number of furan rings is 1. The van der Waals surface area contributed by atoms with Crippen LogP contribution in [-0.4, -0.2) is 30.3 Å². The van der Waals surface area contributed by atoms with Crippen LogP contribution in [0.3, 0.4) is 0 Å². The molecule has 0 bridgehead atoms. The average Bonchev–Trinajstić information content (AvgIpc) is 3.18. The minimum Gasteiger partial charge on any atom is -0.459 e. The lowest BCUT2D eigenvalue weighted by molar-refractivity contribution is -0.122. The summed E-state index contributed by atoms with van der Waals surface area (Å²) in [7, 11) is 1.59. The number of rotatable bonds is 7. The predicted octanol–water partition coefficient (Wildman–Crippen LogP) is 3.32. The third-order valence-corrected chi connectivity index (χ3v) is 4.37. The van der Waals surface area contributed by atoms with Gasteiger partial charge in [0.05, 0.1) is 18.8 Å². The molecule has 0 spiro atoms. The van der Waals surface area contributed by atoms with Crippen LogP contribution in [0.5, 0.6) is 0 Å². The van der Waals surface area contributed by atoms with Crippen LogP contribution in [0.25, 0.3) is 0 Å². The van der Waals surface area contributed by atoms with E-state index in [0.29, 0.717) is 5.92 Å². The first-order valence-corrected chi connectivity index (χ1v) is 8.47. The lowest BCUT2D eigenvalue weighted by Crippen LogP contribution is -2.39. The van der Waals surface area contributed by atoms with Gasteiger partial charge in [-0.25, -0.2) is 0 Å². The molecule has 0 aliphatic rings. The number of carbonyl (C=O) groups excluding carboxylic acids is 2. The highest BCUT2D eigenvalue weighted by atomic mass is 32.1. The first kappa shape index (κ1) is 17.3. The van der Waals surface area contributed by atoms with Crippen molar-refractivity contribution in [3.05, 3.63) is 46.5 Å². The molecule has 0 fully saturated rings. The van der Waals surface area contributed by atoms with E-state index < -0.39 is 0 Å². The highest BCUT2D eigenvalue weighted by Crippen LogP contribution is 2.25. The fourth-order valence-corrected chi connectivity index (χ4v) is 3.11. The Labute approximate surface area is 140 Å². The second-order valence-electron chi connectivity index (χ2n) is 5.90. The highest BCUT2D eigenvalue weighted by molar-refractivity contribution is 7.10. The molecule has 0 saturated carbocycles. The van der Waals surface area contributed by atoms with Crippen molar-refractivity contribution in [2.75, 3.05) is 13.6 Å². The molecular formula is C17H22N2O3S. The zero-order valence-electron chi connectivity index (χ0n) is 13.6. The summed E-state index contributed by atoms with van der Waals surface area (Å²) < 4.78 is 5.07. The van der Waals surface area contributed by atoms with Crippen LogP contribution in [-0.2, 0) is 4.79 Å². The monoisotopic (exact) mass is 334 g/mol. The summed E-state index contributed by atoms with van der Waals surface area (Å²) in [5.74, 6) is 0.218. The molecule has 0 aliphatic heterocycles. The summed E-state index contributed by atoms with van der Waals surface area (Å²) in [6, 6.07) is 7.22. The standard InChI is InChI=1S/C17H22N2O3S/c1-12(2)10-13(15-7-5-9-23-15)18-16(20)11-19(3)17(21)14-6-4-8-22-14/h4-9,12-13H,10-11H2,1-3H3,(H,18,20). The minimum atomic E-state index is -0.304. The van der Waals surface area contributed by atoms with Crippen molar-refractivity contribution in [3.8, 4) is 0 Å². The molecule has 2 heterocycles. The maximum absolute atomic E-state index is 12.3. The maximum atomic E-state index is 12.3. The smallest absolute Gasteiger partial charge is 0.289 e. The van der Waals surface area contributed by atoms with E-state index in [2.05, 4.69) is 19.2 Å². The van der Waals surface area contributed by atoms with E-state index in [-0.39, 0.29) is 30.2 Å². The molecule has 1 unspecified atom stereocenters. The van der Waals surface area contributed by atoms with E-state index in [9.17, 15) is 9.59 Å². The Bertz CT molecular complexity index is 620. The van der Waals surface area contributed by atoms with Crippen molar-refractivity contribution in [2.45, 2.75) is 26.3 Å². The summed E-state index contributed by atoms with van der Waals surface area (Å²) >= 11 is 1.63. The van der Waals surface area contributed by atoms with E-state index in [0.717, 1.165) is 11.3 Å². The van der Waals surface area contributed by atoms with Crippen molar-refractivity contribution in [1.29, 1.82) is 0 Å². The summed E-state index contributed by atoms with van der Waals surface area (Å²) in [5.41, 5.74) is 0. The van der Waals surface area contributed by atoms with Crippen molar-refractivity contribution in [1.82, 2.24) is 10.2 Å². The molecule has 6 heteroatoms. The minimum absolute atomic E-state index is 0.000492. The van der Waals surface area contributed by atoms with Crippen molar-refractivity contribution in [3.63, 3.8) is 0 Å². The van der Waals surface area contributed by atoms with Gasteiger partial charge in [-0.15, -0.1) is 11.3 Å². The fourth-order valence-electron chi connectivity index (χ4n) is 2.32. The molecule has 1 N–H and O–H groups in total. The highest BCUT2D eigenvalue weighted by Gasteiger charge is 2.21. The molecule has 2 amide bonds. The lowest BCUT2D eigenvalue weighted by Gasteiger charge is -2.22. The number of carbonyl (C=O) groups is 2. The quantitative estimate of drug-likeness (QED) is 0.845. The molecule has 5 nitrogen and oxygen atoms in total. The molecule has 0 aliphatic carbocycles. The first-order valence-electron chi connectivity index (χ1n) is 7.59. The van der Waals surface area contributed by atoms with Crippen LogP contribution in [0.2, 0.25) is 0 Å². The molecular weight excluding hydrogens is 312 g/mol. The van der Waals surface area contributed by atoms with Crippen molar-refractivity contribution >= 4 is 23.2 Å². The van der Waals surface area contributed by atoms with Gasteiger partial charge in [0.2, 0.25) is 5.91 Å². The molecule has 2 rings (SSSR count). The third-order valence-electron chi connectivity index (χ3n) is 3.39. The molecule has 0 aromatic carbocycles. The van der Waals surface area contributed by atoms with Crippen LogP contribution < -0.4 is 5.32 Å². The summed E-state index contributed by atoms with van der Waals surface area (Å²) in [6.45, 7) is 4.25. The lowest BCUT2D eigenvalue weighted by atomic mass is 10.0. The van der Waals surface area contributed by atoms with Gasteiger partial charge in [0.15, 0.2) is 5.76 Å². The fraction of sp³-hybridized carbons (Fsp3) is 0.412. The summed E-state index contributed by atoms with van der Waals surface area (Å²) in [4.78, 5) is 26.9. The normalized spacial score (nSPS) is 12.2. The molecule has 2 aromatic heterocycles. The largest absolute Gasteiger partial charge is 0.459 e. The Hall–Kier alpha value is -2.08. The maximum Gasteiger partial charge on any atom is 0.289 e. The van der Waals surface area contributed by atoms with Crippen LogP contribution in [0.1, 0.15) is 41.7 Å². The summed E-state index contributed by atoms with van der Waals surface area (Å²) in [5, 5.41) is 5.03. The van der Waals surface area contributed by atoms with Crippen LogP contribution in [0.15, 0.2) is 40.3 Å². The van der Waals surface area contributed by atoms with E-state index >= 15 is 0 Å². The Balaban J connectivity index is 1.95. The SMILES string of the molecule is CC(C)CC(NC(=O)CN(C)C(=O)c1ccco1)c1cccs1. The van der Waals surface area contributed by atoms with E-state index in [4.69, 9.17) is 4.42 Å². The molecule has 124 valence electrons. The molecule has 23 heavy (non-hydrogen) atoms. The zero-order chi connectivity index (χ0) is 16.8. The number of amides is 2. The van der Waals surface area contributed by atoms with Gasteiger partial charge in [-0.1, -0.05) is 19.9 Å². The molecule has 0 radical (unpaired) electrons. The molecule has 0 saturated heterocycles. The Morgan fingerprint density at radius 1 is 1.30 bits per heavy atom. The van der Waals surface area contributed by atoms with Gasteiger partial charge < -0.3 is 14.6 Å². The summed E-state index contributed by atoms with van der Waals surface area (Å²) in [6.07, 6.45) is 2.30.